The molecule has 1 fully saturated rings. The molecule has 1 aromatic carbocycles. The van der Waals surface area contributed by atoms with Gasteiger partial charge in [0.15, 0.2) is 5.82 Å². The van der Waals surface area contributed by atoms with Crippen LogP contribution in [0.25, 0.3) is 0 Å². The van der Waals surface area contributed by atoms with Crippen molar-refractivity contribution in [2.24, 2.45) is 0 Å². The Kier molecular flexibility index (Phi) is 6.03. The van der Waals surface area contributed by atoms with Crippen LogP contribution in [0.15, 0.2) is 58.4 Å². The van der Waals surface area contributed by atoms with E-state index in [0.717, 1.165) is 37.4 Å². The summed E-state index contributed by atoms with van der Waals surface area (Å²) >= 11 is 1.34. The minimum Gasteiger partial charge on any atom is -0.355 e. The van der Waals surface area contributed by atoms with Gasteiger partial charge in [0.05, 0.1) is 5.51 Å². The van der Waals surface area contributed by atoms with E-state index in [2.05, 4.69) is 48.8 Å². The molecule has 0 amide bonds. The highest BCUT2D eigenvalue weighted by Gasteiger charge is 2.28. The fraction of sp³-hybridized carbons (Fsp3) is 0.333. The Morgan fingerprint density at radius 1 is 1.27 bits per heavy atom. The minimum absolute atomic E-state index is 0.141. The third kappa shape index (κ3) is 4.63. The number of aromatic nitrogens is 2. The standard InChI is InChI=1S/C21H25N5O2S2/c1-16-10-19(30(27,28)24-20-14-29-15-23-20)11-22-21(16)25(2)18-8-9-26(13-18)12-17-6-4-3-5-7-17/h3-7,10-11,14-15,18,24H,8-9,12-13H2,1-2H3. The molecular weight excluding hydrogens is 418 g/mol. The summed E-state index contributed by atoms with van der Waals surface area (Å²) < 4.78 is 27.7. The lowest BCUT2D eigenvalue weighted by Gasteiger charge is -2.27. The fourth-order valence-corrected chi connectivity index (χ4v) is 5.39. The number of pyridine rings is 1. The van der Waals surface area contributed by atoms with E-state index in [4.69, 9.17) is 0 Å². The van der Waals surface area contributed by atoms with E-state index in [9.17, 15) is 8.42 Å². The van der Waals surface area contributed by atoms with Gasteiger partial charge >= 0.3 is 0 Å². The number of sulfonamides is 1. The smallest absolute Gasteiger partial charge is 0.264 e. The van der Waals surface area contributed by atoms with Gasteiger partial charge in [0.25, 0.3) is 10.0 Å². The van der Waals surface area contributed by atoms with E-state index >= 15 is 0 Å². The average Bonchev–Trinajstić information content (AvgIpc) is 3.40. The number of hydrogen-bond donors (Lipinski definition) is 1. The number of benzene rings is 1. The molecule has 1 aliphatic heterocycles. The van der Waals surface area contributed by atoms with Gasteiger partial charge in [-0.3, -0.25) is 9.62 Å². The summed E-state index contributed by atoms with van der Waals surface area (Å²) in [7, 11) is -1.67. The first-order valence-corrected chi connectivity index (χ1v) is 12.2. The molecule has 1 N–H and O–H groups in total. The first kappa shape index (κ1) is 20.8. The molecule has 30 heavy (non-hydrogen) atoms. The summed E-state index contributed by atoms with van der Waals surface area (Å²) in [6.45, 7) is 4.83. The molecule has 1 saturated heterocycles. The van der Waals surface area contributed by atoms with Gasteiger partial charge < -0.3 is 4.90 Å². The lowest BCUT2D eigenvalue weighted by molar-refractivity contribution is 0.326. The highest BCUT2D eigenvalue weighted by atomic mass is 32.2. The van der Waals surface area contributed by atoms with Crippen molar-refractivity contribution in [2.45, 2.75) is 30.8 Å². The Morgan fingerprint density at radius 2 is 2.07 bits per heavy atom. The third-order valence-corrected chi connectivity index (χ3v) is 7.29. The van der Waals surface area contributed by atoms with Gasteiger partial charge in [0, 0.05) is 44.3 Å². The van der Waals surface area contributed by atoms with Crippen LogP contribution in [0.1, 0.15) is 17.5 Å². The molecule has 1 atom stereocenters. The van der Waals surface area contributed by atoms with Crippen molar-refractivity contribution in [1.29, 1.82) is 0 Å². The molecule has 3 heterocycles. The van der Waals surface area contributed by atoms with E-state index < -0.39 is 10.0 Å². The molecular formula is C21H25N5O2S2. The third-order valence-electron chi connectivity index (χ3n) is 5.39. The largest absolute Gasteiger partial charge is 0.355 e. The summed E-state index contributed by atoms with van der Waals surface area (Å²) in [5.41, 5.74) is 3.74. The Bertz CT molecular complexity index is 1090. The average molecular weight is 444 g/mol. The monoisotopic (exact) mass is 443 g/mol. The molecule has 3 aromatic rings. The molecule has 1 unspecified atom stereocenters. The van der Waals surface area contributed by atoms with Crippen molar-refractivity contribution in [3.8, 4) is 0 Å². The number of likely N-dealkylation sites (tertiary alicyclic amines) is 1. The van der Waals surface area contributed by atoms with Crippen LogP contribution in [0.2, 0.25) is 0 Å². The van der Waals surface area contributed by atoms with E-state index in [-0.39, 0.29) is 4.90 Å². The van der Waals surface area contributed by atoms with Crippen molar-refractivity contribution in [3.05, 3.63) is 64.6 Å². The molecule has 158 valence electrons. The van der Waals surface area contributed by atoms with Gasteiger partial charge in [0.1, 0.15) is 10.7 Å². The number of likely N-dealkylation sites (N-methyl/N-ethyl adjacent to an activating group) is 1. The van der Waals surface area contributed by atoms with Crippen LogP contribution in [0, 0.1) is 6.92 Å². The van der Waals surface area contributed by atoms with Gasteiger partial charge in [-0.2, -0.15) is 0 Å². The van der Waals surface area contributed by atoms with E-state index in [1.54, 1.807) is 17.0 Å². The molecule has 0 saturated carbocycles. The zero-order valence-corrected chi connectivity index (χ0v) is 18.7. The van der Waals surface area contributed by atoms with Crippen molar-refractivity contribution < 1.29 is 8.42 Å². The zero-order valence-electron chi connectivity index (χ0n) is 17.0. The van der Waals surface area contributed by atoms with Crippen molar-refractivity contribution in [3.63, 3.8) is 0 Å². The maximum Gasteiger partial charge on any atom is 0.264 e. The van der Waals surface area contributed by atoms with Crippen LogP contribution in [0.5, 0.6) is 0 Å². The number of nitrogens with zero attached hydrogens (tertiary/aromatic N) is 4. The van der Waals surface area contributed by atoms with Crippen molar-refractivity contribution in [1.82, 2.24) is 14.9 Å². The molecule has 0 bridgehead atoms. The van der Waals surface area contributed by atoms with Crippen LogP contribution >= 0.6 is 11.3 Å². The van der Waals surface area contributed by atoms with Crippen LogP contribution in [0.4, 0.5) is 11.6 Å². The normalized spacial score (nSPS) is 17.2. The maximum absolute atomic E-state index is 12.6. The minimum atomic E-state index is -3.71. The van der Waals surface area contributed by atoms with Gasteiger partial charge in [-0.15, -0.1) is 11.3 Å². The Hall–Kier alpha value is -2.49. The van der Waals surface area contributed by atoms with Crippen molar-refractivity contribution >= 4 is 33.0 Å². The van der Waals surface area contributed by atoms with Gasteiger partial charge in [-0.25, -0.2) is 18.4 Å². The Morgan fingerprint density at radius 3 is 2.77 bits per heavy atom. The maximum atomic E-state index is 12.6. The molecule has 4 rings (SSSR count). The predicted molar refractivity (Wildman–Crippen MR) is 120 cm³/mol. The Labute approximate surface area is 181 Å². The Balaban J connectivity index is 1.44. The summed E-state index contributed by atoms with van der Waals surface area (Å²) in [6, 6.07) is 12.5. The summed E-state index contributed by atoms with van der Waals surface area (Å²) in [5.74, 6) is 1.14. The number of aryl methyl sites for hydroxylation is 1. The number of rotatable bonds is 7. The first-order valence-electron chi connectivity index (χ1n) is 9.79. The quantitative estimate of drug-likeness (QED) is 0.603. The predicted octanol–water partition coefficient (Wildman–Crippen LogP) is 3.36. The van der Waals surface area contributed by atoms with E-state index in [0.29, 0.717) is 11.9 Å². The second kappa shape index (κ2) is 8.71. The number of nitrogens with one attached hydrogen (secondary N) is 1. The van der Waals surface area contributed by atoms with E-state index in [1.807, 2.05) is 20.0 Å². The molecule has 0 spiro atoms. The summed E-state index contributed by atoms with van der Waals surface area (Å²) in [4.78, 5) is 13.2. The molecule has 9 heteroatoms. The number of thiazole rings is 1. The van der Waals surface area contributed by atoms with Crippen LogP contribution in [-0.4, -0.2) is 49.5 Å². The second-order valence-corrected chi connectivity index (χ2v) is 9.97. The zero-order chi connectivity index (χ0) is 21.1. The first-order chi connectivity index (χ1) is 14.4. The molecule has 0 aliphatic carbocycles. The molecule has 1 aliphatic rings. The fourth-order valence-electron chi connectivity index (χ4n) is 3.80. The lowest BCUT2D eigenvalue weighted by atomic mass is 10.2. The summed E-state index contributed by atoms with van der Waals surface area (Å²) in [6.07, 6.45) is 2.47. The number of hydrogen-bond acceptors (Lipinski definition) is 7. The molecule has 7 nitrogen and oxygen atoms in total. The lowest BCUT2D eigenvalue weighted by Crippen LogP contribution is -2.35. The van der Waals surface area contributed by atoms with Crippen LogP contribution < -0.4 is 9.62 Å². The number of anilines is 2. The van der Waals surface area contributed by atoms with Gasteiger partial charge in [-0.05, 0) is 30.5 Å². The highest BCUT2D eigenvalue weighted by Crippen LogP contribution is 2.26. The van der Waals surface area contributed by atoms with Gasteiger partial charge in [0.2, 0.25) is 0 Å². The van der Waals surface area contributed by atoms with Crippen molar-refractivity contribution in [2.75, 3.05) is 29.8 Å². The van der Waals surface area contributed by atoms with E-state index in [1.165, 1.54) is 23.1 Å². The second-order valence-electron chi connectivity index (χ2n) is 7.56. The van der Waals surface area contributed by atoms with Crippen LogP contribution in [0.3, 0.4) is 0 Å². The molecule has 0 radical (unpaired) electrons. The SMILES string of the molecule is Cc1cc(S(=O)(=O)Nc2cscn2)cnc1N(C)C1CCN(Cc2ccccc2)C1. The van der Waals surface area contributed by atoms with Gasteiger partial charge in [-0.1, -0.05) is 30.3 Å². The molecule has 2 aromatic heterocycles. The summed E-state index contributed by atoms with van der Waals surface area (Å²) in [5, 5.41) is 1.65. The topological polar surface area (TPSA) is 78.4 Å². The van der Waals surface area contributed by atoms with Crippen LogP contribution in [-0.2, 0) is 16.6 Å². The highest BCUT2D eigenvalue weighted by molar-refractivity contribution is 7.92.